The van der Waals surface area contributed by atoms with Crippen molar-refractivity contribution in [2.24, 2.45) is 0 Å². The van der Waals surface area contributed by atoms with E-state index < -0.39 is 10.0 Å². The third kappa shape index (κ3) is 3.50. The highest BCUT2D eigenvalue weighted by Gasteiger charge is 2.11. The van der Waals surface area contributed by atoms with Crippen molar-refractivity contribution in [3.63, 3.8) is 0 Å². The summed E-state index contributed by atoms with van der Waals surface area (Å²) in [5.74, 6) is 0.146. The molecule has 84 valence electrons. The van der Waals surface area contributed by atoms with E-state index in [9.17, 15) is 8.42 Å². The summed E-state index contributed by atoms with van der Waals surface area (Å²) in [6, 6.07) is 5.48. The molecular weight excluding hydrogens is 278 g/mol. The number of hydrogen-bond acceptors (Lipinski definition) is 2. The maximum absolute atomic E-state index is 11.5. The second-order valence-corrected chi connectivity index (χ2v) is 5.99. The maximum atomic E-state index is 11.5. The average molecular weight is 292 g/mol. The topological polar surface area (TPSA) is 46.2 Å². The van der Waals surface area contributed by atoms with Crippen LogP contribution < -0.4 is 4.72 Å². The number of hydrogen-bond donors (Lipinski definition) is 1. The Morgan fingerprint density at radius 1 is 1.40 bits per heavy atom. The molecule has 1 aromatic carbocycles. The molecule has 0 radical (unpaired) electrons. The standard InChI is InChI=1S/C10H14BrNO2S/c1-3-7-15(13,14)12-9-6-4-5-8(2)10(9)11/h4-6,12H,3,7H2,1-2H3. The highest BCUT2D eigenvalue weighted by atomic mass is 79.9. The third-order valence-electron chi connectivity index (χ3n) is 1.93. The number of anilines is 1. The Labute approximate surface area is 99.1 Å². The molecule has 0 spiro atoms. The highest BCUT2D eigenvalue weighted by Crippen LogP contribution is 2.26. The van der Waals surface area contributed by atoms with Gasteiger partial charge in [0.25, 0.3) is 0 Å². The minimum atomic E-state index is -3.20. The summed E-state index contributed by atoms with van der Waals surface area (Å²) in [6.07, 6.45) is 0.610. The highest BCUT2D eigenvalue weighted by molar-refractivity contribution is 9.10. The number of halogens is 1. The van der Waals surface area contributed by atoms with Crippen LogP contribution in [0.4, 0.5) is 5.69 Å². The van der Waals surface area contributed by atoms with Crippen LogP contribution >= 0.6 is 15.9 Å². The second kappa shape index (κ2) is 4.99. The average Bonchev–Trinajstić information content (AvgIpc) is 2.12. The van der Waals surface area contributed by atoms with Gasteiger partial charge in [-0.15, -0.1) is 0 Å². The van der Waals surface area contributed by atoms with Gasteiger partial charge in [0.05, 0.1) is 11.4 Å². The Morgan fingerprint density at radius 2 is 2.07 bits per heavy atom. The van der Waals surface area contributed by atoms with E-state index >= 15 is 0 Å². The molecule has 0 aliphatic carbocycles. The van der Waals surface area contributed by atoms with Crippen molar-refractivity contribution < 1.29 is 8.42 Å². The molecule has 3 nitrogen and oxygen atoms in total. The number of benzene rings is 1. The normalized spacial score (nSPS) is 11.4. The number of sulfonamides is 1. The molecule has 0 saturated carbocycles. The van der Waals surface area contributed by atoms with Crippen molar-refractivity contribution in [3.8, 4) is 0 Å². The van der Waals surface area contributed by atoms with Crippen molar-refractivity contribution in [2.75, 3.05) is 10.5 Å². The summed E-state index contributed by atoms with van der Waals surface area (Å²) >= 11 is 3.36. The van der Waals surface area contributed by atoms with Gasteiger partial charge in [-0.05, 0) is 40.9 Å². The van der Waals surface area contributed by atoms with Gasteiger partial charge < -0.3 is 0 Å². The predicted octanol–water partition coefficient (Wildman–Crippen LogP) is 2.91. The largest absolute Gasteiger partial charge is 0.282 e. The molecule has 0 unspecified atom stereocenters. The van der Waals surface area contributed by atoms with Crippen LogP contribution in [0.25, 0.3) is 0 Å². The van der Waals surface area contributed by atoms with Crippen LogP contribution in [0.3, 0.4) is 0 Å². The molecule has 0 heterocycles. The molecule has 15 heavy (non-hydrogen) atoms. The number of aryl methyl sites for hydroxylation is 1. The fourth-order valence-electron chi connectivity index (χ4n) is 1.21. The van der Waals surface area contributed by atoms with Gasteiger partial charge in [-0.3, -0.25) is 4.72 Å². The summed E-state index contributed by atoms with van der Waals surface area (Å²) in [4.78, 5) is 0. The lowest BCUT2D eigenvalue weighted by Crippen LogP contribution is -2.16. The monoisotopic (exact) mass is 291 g/mol. The molecule has 0 saturated heterocycles. The molecule has 0 amide bonds. The minimum absolute atomic E-state index is 0.146. The molecule has 1 rings (SSSR count). The van der Waals surface area contributed by atoms with E-state index in [1.807, 2.05) is 26.0 Å². The van der Waals surface area contributed by atoms with Crippen LogP contribution in [0.5, 0.6) is 0 Å². The van der Waals surface area contributed by atoms with Crippen LogP contribution in [0, 0.1) is 6.92 Å². The summed E-state index contributed by atoms with van der Waals surface area (Å²) in [5, 5.41) is 0. The Kier molecular flexibility index (Phi) is 4.16. The molecule has 0 fully saturated rings. The van der Waals surface area contributed by atoms with E-state index in [0.29, 0.717) is 12.1 Å². The van der Waals surface area contributed by atoms with Crippen LogP contribution in [-0.4, -0.2) is 14.2 Å². The van der Waals surface area contributed by atoms with Crippen molar-refractivity contribution in [3.05, 3.63) is 28.2 Å². The molecule has 0 bridgehead atoms. The van der Waals surface area contributed by atoms with Crippen LogP contribution in [0.15, 0.2) is 22.7 Å². The van der Waals surface area contributed by atoms with E-state index in [1.54, 1.807) is 6.07 Å². The zero-order valence-electron chi connectivity index (χ0n) is 8.75. The lowest BCUT2D eigenvalue weighted by atomic mass is 10.2. The van der Waals surface area contributed by atoms with Crippen molar-refractivity contribution in [2.45, 2.75) is 20.3 Å². The fraction of sp³-hybridized carbons (Fsp3) is 0.400. The first-order valence-corrected chi connectivity index (χ1v) is 7.16. The summed E-state index contributed by atoms with van der Waals surface area (Å²) in [7, 11) is -3.20. The van der Waals surface area contributed by atoms with Crippen LogP contribution in [-0.2, 0) is 10.0 Å². The van der Waals surface area contributed by atoms with Crippen molar-refractivity contribution in [1.82, 2.24) is 0 Å². The predicted molar refractivity (Wildman–Crippen MR) is 66.6 cm³/mol. The molecular formula is C10H14BrNO2S. The number of nitrogens with one attached hydrogen (secondary N) is 1. The Morgan fingerprint density at radius 3 is 2.67 bits per heavy atom. The second-order valence-electron chi connectivity index (χ2n) is 3.36. The zero-order chi connectivity index (χ0) is 11.5. The molecule has 1 N–H and O–H groups in total. The Hall–Kier alpha value is -0.550. The van der Waals surface area contributed by atoms with Gasteiger partial charge in [-0.1, -0.05) is 19.1 Å². The maximum Gasteiger partial charge on any atom is 0.232 e. The smallest absolute Gasteiger partial charge is 0.232 e. The van der Waals surface area contributed by atoms with Gasteiger partial charge >= 0.3 is 0 Å². The van der Waals surface area contributed by atoms with E-state index in [1.165, 1.54) is 0 Å². The molecule has 0 aliphatic rings. The zero-order valence-corrected chi connectivity index (χ0v) is 11.2. The van der Waals surface area contributed by atoms with Gasteiger partial charge in [-0.25, -0.2) is 8.42 Å². The lowest BCUT2D eigenvalue weighted by molar-refractivity contribution is 0.600. The van der Waals surface area contributed by atoms with Gasteiger partial charge in [0.1, 0.15) is 0 Å². The molecule has 0 aromatic heterocycles. The summed E-state index contributed by atoms with van der Waals surface area (Å²) < 4.78 is 26.4. The van der Waals surface area contributed by atoms with Gasteiger partial charge in [-0.2, -0.15) is 0 Å². The lowest BCUT2D eigenvalue weighted by Gasteiger charge is -2.10. The molecule has 5 heteroatoms. The van der Waals surface area contributed by atoms with Crippen LogP contribution in [0.1, 0.15) is 18.9 Å². The van der Waals surface area contributed by atoms with Crippen molar-refractivity contribution >= 4 is 31.6 Å². The first kappa shape index (κ1) is 12.5. The molecule has 0 aliphatic heterocycles. The van der Waals surface area contributed by atoms with Gasteiger partial charge in [0.15, 0.2) is 0 Å². The molecule has 0 atom stereocenters. The Bertz CT molecular complexity index is 443. The van der Waals surface area contributed by atoms with E-state index in [-0.39, 0.29) is 5.75 Å². The minimum Gasteiger partial charge on any atom is -0.282 e. The van der Waals surface area contributed by atoms with Gasteiger partial charge in [0.2, 0.25) is 10.0 Å². The van der Waals surface area contributed by atoms with Crippen molar-refractivity contribution in [1.29, 1.82) is 0 Å². The summed E-state index contributed by atoms with van der Waals surface area (Å²) in [6.45, 7) is 3.76. The third-order valence-corrected chi connectivity index (χ3v) is 4.46. The van der Waals surface area contributed by atoms with E-state index in [4.69, 9.17) is 0 Å². The molecule has 1 aromatic rings. The van der Waals surface area contributed by atoms with Crippen LogP contribution in [0.2, 0.25) is 0 Å². The number of rotatable bonds is 4. The fourth-order valence-corrected chi connectivity index (χ4v) is 2.85. The first-order valence-electron chi connectivity index (χ1n) is 4.72. The van der Waals surface area contributed by atoms with E-state index in [0.717, 1.165) is 10.0 Å². The Balaban J connectivity index is 2.95. The van der Waals surface area contributed by atoms with E-state index in [2.05, 4.69) is 20.7 Å². The van der Waals surface area contributed by atoms with Gasteiger partial charge in [0, 0.05) is 4.47 Å². The first-order chi connectivity index (χ1) is 6.96. The quantitative estimate of drug-likeness (QED) is 0.927. The summed E-state index contributed by atoms with van der Waals surface area (Å²) in [5.41, 5.74) is 1.61. The SMILES string of the molecule is CCCS(=O)(=O)Nc1cccc(C)c1Br.